The lowest BCUT2D eigenvalue weighted by atomic mass is 9.86. The standard InChI is InChI=1S/C16H22N2O3.ClH/c1-11(2)14(17)13-10-16(21-18-13,15(19)20-3)9-12-7-5-4-6-8-12;/h4-8,11,14H,9-10,17H2,1-3H3;1H/t14-,16?;/m0./s1. The number of halogens is 1. The highest BCUT2D eigenvalue weighted by atomic mass is 35.5. The van der Waals surface area contributed by atoms with Gasteiger partial charge in [0, 0.05) is 18.9 Å². The molecule has 0 radical (unpaired) electrons. The molecular weight excluding hydrogens is 304 g/mol. The second-order valence-electron chi connectivity index (χ2n) is 5.77. The molecule has 1 aliphatic heterocycles. The first-order chi connectivity index (χ1) is 9.98. The smallest absolute Gasteiger partial charge is 0.353 e. The number of benzene rings is 1. The van der Waals surface area contributed by atoms with Gasteiger partial charge in [0.05, 0.1) is 12.8 Å². The number of methoxy groups -OCH3 is 1. The maximum Gasteiger partial charge on any atom is 0.353 e. The maximum absolute atomic E-state index is 12.2. The second kappa shape index (κ2) is 7.61. The van der Waals surface area contributed by atoms with Crippen LogP contribution in [0.4, 0.5) is 0 Å². The Labute approximate surface area is 137 Å². The zero-order valence-corrected chi connectivity index (χ0v) is 13.9. The summed E-state index contributed by atoms with van der Waals surface area (Å²) in [5.41, 5.74) is 6.73. The fourth-order valence-corrected chi connectivity index (χ4v) is 2.45. The van der Waals surface area contributed by atoms with Gasteiger partial charge >= 0.3 is 5.97 Å². The number of carbonyl (C=O) groups is 1. The summed E-state index contributed by atoms with van der Waals surface area (Å²) in [5.74, 6) is -0.182. The number of carbonyl (C=O) groups excluding carboxylic acids is 1. The van der Waals surface area contributed by atoms with Crippen molar-refractivity contribution >= 4 is 24.1 Å². The van der Waals surface area contributed by atoms with Crippen LogP contribution in [0, 0.1) is 5.92 Å². The summed E-state index contributed by atoms with van der Waals surface area (Å²) in [7, 11) is 1.36. The van der Waals surface area contributed by atoms with Crippen LogP contribution in [0.2, 0.25) is 0 Å². The van der Waals surface area contributed by atoms with Gasteiger partial charge in [0.1, 0.15) is 0 Å². The van der Waals surface area contributed by atoms with Crippen LogP contribution in [0.1, 0.15) is 25.8 Å². The lowest BCUT2D eigenvalue weighted by molar-refractivity contribution is -0.166. The van der Waals surface area contributed by atoms with E-state index in [9.17, 15) is 4.79 Å². The Hall–Kier alpha value is -1.59. The molecule has 0 amide bonds. The summed E-state index contributed by atoms with van der Waals surface area (Å²) in [4.78, 5) is 17.7. The van der Waals surface area contributed by atoms with E-state index in [1.807, 2.05) is 44.2 Å². The molecule has 6 heteroatoms. The molecular formula is C16H23ClN2O3. The maximum atomic E-state index is 12.2. The highest BCUT2D eigenvalue weighted by Crippen LogP contribution is 2.31. The van der Waals surface area contributed by atoms with Crippen LogP contribution in [0.5, 0.6) is 0 Å². The summed E-state index contributed by atoms with van der Waals surface area (Å²) < 4.78 is 4.92. The third kappa shape index (κ3) is 3.78. The fourth-order valence-electron chi connectivity index (χ4n) is 2.45. The third-order valence-corrected chi connectivity index (χ3v) is 3.80. The van der Waals surface area contributed by atoms with Crippen LogP contribution >= 0.6 is 12.4 Å². The number of ether oxygens (including phenoxy) is 1. The van der Waals surface area contributed by atoms with Gasteiger partial charge in [0.15, 0.2) is 0 Å². The Morgan fingerprint density at radius 1 is 1.41 bits per heavy atom. The number of nitrogens with two attached hydrogens (primary N) is 1. The molecule has 0 aliphatic carbocycles. The van der Waals surface area contributed by atoms with E-state index >= 15 is 0 Å². The van der Waals surface area contributed by atoms with Gasteiger partial charge in [-0.2, -0.15) is 0 Å². The number of rotatable bonds is 5. The molecule has 1 aromatic rings. The van der Waals surface area contributed by atoms with E-state index in [4.69, 9.17) is 15.3 Å². The first kappa shape index (κ1) is 18.5. The predicted molar refractivity (Wildman–Crippen MR) is 88.1 cm³/mol. The van der Waals surface area contributed by atoms with E-state index in [1.54, 1.807) is 0 Å². The molecule has 1 unspecified atom stereocenters. The van der Waals surface area contributed by atoms with Crippen LogP contribution in [0.3, 0.4) is 0 Å². The molecule has 1 heterocycles. The fraction of sp³-hybridized carbons (Fsp3) is 0.500. The van der Waals surface area contributed by atoms with Crippen molar-refractivity contribution in [3.8, 4) is 0 Å². The number of nitrogens with zero attached hydrogens (tertiary/aromatic N) is 1. The summed E-state index contributed by atoms with van der Waals surface area (Å²) in [6, 6.07) is 9.48. The van der Waals surface area contributed by atoms with E-state index in [0.717, 1.165) is 5.56 Å². The molecule has 0 saturated carbocycles. The monoisotopic (exact) mass is 326 g/mol. The van der Waals surface area contributed by atoms with Crippen molar-refractivity contribution in [2.75, 3.05) is 7.11 Å². The van der Waals surface area contributed by atoms with E-state index in [2.05, 4.69) is 5.16 Å². The van der Waals surface area contributed by atoms with Crippen molar-refractivity contribution in [3.63, 3.8) is 0 Å². The third-order valence-electron chi connectivity index (χ3n) is 3.80. The van der Waals surface area contributed by atoms with Gasteiger partial charge in [-0.1, -0.05) is 49.3 Å². The number of oxime groups is 1. The summed E-state index contributed by atoms with van der Waals surface area (Å²) in [6.07, 6.45) is 0.784. The zero-order chi connectivity index (χ0) is 15.5. The van der Waals surface area contributed by atoms with E-state index in [0.29, 0.717) is 18.6 Å². The molecule has 1 aromatic carbocycles. The Morgan fingerprint density at radius 2 is 2.05 bits per heavy atom. The second-order valence-corrected chi connectivity index (χ2v) is 5.77. The molecule has 0 spiro atoms. The SMILES string of the molecule is COC(=O)C1(Cc2ccccc2)CC([C@@H](N)C(C)C)=NO1.Cl. The average Bonchev–Trinajstić information content (AvgIpc) is 2.91. The van der Waals surface area contributed by atoms with Gasteiger partial charge in [-0.05, 0) is 11.5 Å². The van der Waals surface area contributed by atoms with Gasteiger partial charge < -0.3 is 15.3 Å². The highest BCUT2D eigenvalue weighted by Gasteiger charge is 2.49. The summed E-state index contributed by atoms with van der Waals surface area (Å²) in [6.45, 7) is 4.03. The van der Waals surface area contributed by atoms with E-state index in [-0.39, 0.29) is 24.4 Å². The molecule has 2 N–H and O–H groups in total. The molecule has 5 nitrogen and oxygen atoms in total. The highest BCUT2D eigenvalue weighted by molar-refractivity contribution is 5.97. The van der Waals surface area contributed by atoms with Crippen LogP contribution in [0.25, 0.3) is 0 Å². The Balaban J connectivity index is 0.00000242. The van der Waals surface area contributed by atoms with Crippen molar-refractivity contribution in [2.45, 2.75) is 38.3 Å². The van der Waals surface area contributed by atoms with E-state index < -0.39 is 11.6 Å². The van der Waals surface area contributed by atoms with Crippen LogP contribution < -0.4 is 5.73 Å². The molecule has 122 valence electrons. The van der Waals surface area contributed by atoms with Crippen molar-refractivity contribution in [1.29, 1.82) is 0 Å². The van der Waals surface area contributed by atoms with Gasteiger partial charge in [-0.25, -0.2) is 4.79 Å². The lowest BCUT2D eigenvalue weighted by Gasteiger charge is -2.24. The normalized spacial score (nSPS) is 21.6. The average molecular weight is 327 g/mol. The quantitative estimate of drug-likeness (QED) is 0.843. The zero-order valence-electron chi connectivity index (χ0n) is 13.1. The minimum absolute atomic E-state index is 0. The summed E-state index contributed by atoms with van der Waals surface area (Å²) >= 11 is 0. The van der Waals surface area contributed by atoms with Crippen LogP contribution in [-0.4, -0.2) is 30.4 Å². The van der Waals surface area contributed by atoms with Crippen molar-refractivity contribution in [1.82, 2.24) is 0 Å². The minimum atomic E-state index is -1.10. The Kier molecular flexibility index (Phi) is 6.38. The first-order valence-electron chi connectivity index (χ1n) is 7.11. The van der Waals surface area contributed by atoms with Crippen LogP contribution in [0.15, 0.2) is 35.5 Å². The molecule has 0 aromatic heterocycles. The van der Waals surface area contributed by atoms with E-state index in [1.165, 1.54) is 7.11 Å². The van der Waals surface area contributed by atoms with Crippen molar-refractivity contribution < 1.29 is 14.4 Å². The topological polar surface area (TPSA) is 73.9 Å². The first-order valence-corrected chi connectivity index (χ1v) is 7.11. The van der Waals surface area contributed by atoms with Gasteiger partial charge in [-0.15, -0.1) is 12.4 Å². The molecule has 1 aliphatic rings. The largest absolute Gasteiger partial charge is 0.466 e. The number of esters is 1. The molecule has 2 atom stereocenters. The summed E-state index contributed by atoms with van der Waals surface area (Å²) in [5, 5.41) is 4.07. The van der Waals surface area contributed by atoms with Crippen molar-refractivity contribution in [3.05, 3.63) is 35.9 Å². The molecule has 0 bridgehead atoms. The van der Waals surface area contributed by atoms with Gasteiger partial charge in [0.2, 0.25) is 5.60 Å². The lowest BCUT2D eigenvalue weighted by Crippen LogP contribution is -2.44. The molecule has 22 heavy (non-hydrogen) atoms. The molecule has 0 fully saturated rings. The minimum Gasteiger partial charge on any atom is -0.466 e. The predicted octanol–water partition coefficient (Wildman–Crippen LogP) is 2.32. The Morgan fingerprint density at radius 3 is 2.59 bits per heavy atom. The molecule has 0 saturated heterocycles. The number of hydrogen-bond acceptors (Lipinski definition) is 5. The van der Waals surface area contributed by atoms with Crippen molar-refractivity contribution in [2.24, 2.45) is 16.8 Å². The molecule has 2 rings (SSSR count). The van der Waals surface area contributed by atoms with Gasteiger partial charge in [0.25, 0.3) is 0 Å². The van der Waals surface area contributed by atoms with Crippen LogP contribution in [-0.2, 0) is 20.8 Å². The van der Waals surface area contributed by atoms with Gasteiger partial charge in [-0.3, -0.25) is 0 Å². The Bertz CT molecular complexity index is 533. The number of hydrogen-bond donors (Lipinski definition) is 1.